The van der Waals surface area contributed by atoms with E-state index >= 15 is 0 Å². The van der Waals surface area contributed by atoms with Crippen molar-refractivity contribution in [2.45, 2.75) is 19.4 Å². The van der Waals surface area contributed by atoms with Gasteiger partial charge in [-0.3, -0.25) is 14.4 Å². The molecule has 0 spiro atoms. The molecule has 1 aromatic heterocycles. The molecule has 0 saturated carbocycles. The van der Waals surface area contributed by atoms with Gasteiger partial charge in [0.05, 0.1) is 5.52 Å². The number of hydrogen-bond acceptors (Lipinski definition) is 7. The minimum atomic E-state index is -0.526. The van der Waals surface area contributed by atoms with E-state index in [0.717, 1.165) is 31.3 Å². The maximum atomic E-state index is 13.1. The highest BCUT2D eigenvalue weighted by Crippen LogP contribution is 2.25. The van der Waals surface area contributed by atoms with Crippen molar-refractivity contribution in [1.29, 1.82) is 0 Å². The number of nitrogens with one attached hydrogen (secondary N) is 2. The Kier molecular flexibility index (Phi) is 9.99. The van der Waals surface area contributed by atoms with E-state index in [1.807, 2.05) is 11.0 Å². The van der Waals surface area contributed by atoms with Gasteiger partial charge in [0.15, 0.2) is 0 Å². The maximum Gasteiger partial charge on any atom is 0.278 e. The van der Waals surface area contributed by atoms with Crippen LogP contribution >= 0.6 is 12.4 Å². The number of phenolic OH excluding ortho intramolecular Hbond substituents is 1. The van der Waals surface area contributed by atoms with Gasteiger partial charge in [-0.2, -0.15) is 4.99 Å². The summed E-state index contributed by atoms with van der Waals surface area (Å²) in [5, 5.41) is 17.5. The number of hydrogen-bond donors (Lipinski definition) is 3. The molecule has 3 N–H and O–H groups in total. The third kappa shape index (κ3) is 7.19. The van der Waals surface area contributed by atoms with Gasteiger partial charge in [-0.15, -0.1) is 12.4 Å². The second kappa shape index (κ2) is 14.4. The summed E-state index contributed by atoms with van der Waals surface area (Å²) in [4.78, 5) is 53.9. The van der Waals surface area contributed by atoms with Gasteiger partial charge in [0.2, 0.25) is 0 Å². The van der Waals surface area contributed by atoms with Gasteiger partial charge in [-0.25, -0.2) is 9.97 Å². The first-order valence-corrected chi connectivity index (χ1v) is 14.6. The quantitative estimate of drug-likeness (QED) is 0.156. The van der Waals surface area contributed by atoms with Crippen molar-refractivity contribution in [2.75, 3.05) is 18.4 Å². The zero-order chi connectivity index (χ0) is 31.2. The van der Waals surface area contributed by atoms with Crippen LogP contribution in [0.15, 0.2) is 108 Å². The molecule has 10 nitrogen and oxygen atoms in total. The maximum absolute atomic E-state index is 13.1. The lowest BCUT2D eigenvalue weighted by atomic mass is 10.1. The number of carbonyl (C=O) groups excluding carboxylic acids is 3. The minimum absolute atomic E-state index is 0. The molecule has 0 bridgehead atoms. The first-order chi connectivity index (χ1) is 22.0. The Bertz CT molecular complexity index is 1910. The number of anilines is 1. The average molecular weight is 635 g/mol. The number of amidine groups is 1. The normalized spacial score (nSPS) is 12.8. The number of phenols is 1. The number of nitrogens with zero attached hydrogens (tertiary/aromatic N) is 4. The summed E-state index contributed by atoms with van der Waals surface area (Å²) >= 11 is 0. The Morgan fingerprint density at radius 1 is 0.783 bits per heavy atom. The lowest BCUT2D eigenvalue weighted by Crippen LogP contribution is -2.32. The van der Waals surface area contributed by atoms with Crippen LogP contribution in [0.3, 0.4) is 0 Å². The summed E-state index contributed by atoms with van der Waals surface area (Å²) in [5.74, 6) is -0.394. The minimum Gasteiger partial charge on any atom is -0.508 e. The zero-order valence-electron chi connectivity index (χ0n) is 24.7. The molecule has 2 heterocycles. The van der Waals surface area contributed by atoms with Crippen molar-refractivity contribution in [1.82, 2.24) is 20.2 Å². The van der Waals surface area contributed by atoms with E-state index < -0.39 is 11.8 Å². The number of carbonyl (C=O) groups is 3. The molecule has 1 aliphatic heterocycles. The first kappa shape index (κ1) is 31.8. The van der Waals surface area contributed by atoms with E-state index in [-0.39, 0.29) is 36.4 Å². The Morgan fingerprint density at radius 2 is 1.46 bits per heavy atom. The van der Waals surface area contributed by atoms with Crippen LogP contribution in [0.25, 0.3) is 10.9 Å². The van der Waals surface area contributed by atoms with Crippen molar-refractivity contribution >= 4 is 52.7 Å². The van der Waals surface area contributed by atoms with E-state index in [4.69, 9.17) is 0 Å². The largest absolute Gasteiger partial charge is 0.508 e. The molecule has 3 amide bonds. The summed E-state index contributed by atoms with van der Waals surface area (Å²) in [7, 11) is 0. The van der Waals surface area contributed by atoms with Crippen molar-refractivity contribution in [2.24, 2.45) is 4.99 Å². The second-order valence-corrected chi connectivity index (χ2v) is 10.6. The average Bonchev–Trinajstić information content (AvgIpc) is 3.63. The predicted molar refractivity (Wildman–Crippen MR) is 179 cm³/mol. The van der Waals surface area contributed by atoms with Gasteiger partial charge in [-0.05, 0) is 73.5 Å². The van der Waals surface area contributed by atoms with E-state index in [0.29, 0.717) is 39.2 Å². The van der Waals surface area contributed by atoms with Gasteiger partial charge in [0, 0.05) is 52.8 Å². The second-order valence-electron chi connectivity index (χ2n) is 10.6. The van der Waals surface area contributed by atoms with Gasteiger partial charge in [-0.1, -0.05) is 36.4 Å². The topological polar surface area (TPSA) is 137 Å². The number of aromatic hydroxyl groups is 1. The number of amides is 3. The van der Waals surface area contributed by atoms with Gasteiger partial charge >= 0.3 is 0 Å². The van der Waals surface area contributed by atoms with Crippen LogP contribution in [-0.2, 0) is 6.54 Å². The highest BCUT2D eigenvalue weighted by atomic mass is 35.5. The fourth-order valence-electron chi connectivity index (χ4n) is 5.17. The summed E-state index contributed by atoms with van der Waals surface area (Å²) in [6, 6.07) is 27.3. The van der Waals surface area contributed by atoms with Crippen molar-refractivity contribution in [3.63, 3.8) is 0 Å². The Hall–Kier alpha value is -5.61. The van der Waals surface area contributed by atoms with Crippen LogP contribution in [-0.4, -0.2) is 56.6 Å². The number of benzene rings is 4. The van der Waals surface area contributed by atoms with Gasteiger partial charge in [0.1, 0.15) is 23.7 Å². The van der Waals surface area contributed by atoms with Crippen LogP contribution in [0.4, 0.5) is 5.82 Å². The number of rotatable bonds is 7. The molecule has 1 fully saturated rings. The summed E-state index contributed by atoms with van der Waals surface area (Å²) in [6.07, 6.45) is 3.45. The lowest BCUT2D eigenvalue weighted by molar-refractivity contribution is 0.0792. The van der Waals surface area contributed by atoms with E-state index in [1.165, 1.54) is 12.4 Å². The Balaban J connectivity index is 0.00000417. The number of likely N-dealkylation sites (tertiary alicyclic amines) is 1. The summed E-state index contributed by atoms with van der Waals surface area (Å²) in [5.41, 5.74) is 2.87. The predicted octanol–water partition coefficient (Wildman–Crippen LogP) is 5.62. The molecule has 46 heavy (non-hydrogen) atoms. The van der Waals surface area contributed by atoms with Crippen molar-refractivity contribution < 1.29 is 19.5 Å². The summed E-state index contributed by atoms with van der Waals surface area (Å²) in [6.45, 7) is 1.68. The number of halogens is 1. The van der Waals surface area contributed by atoms with E-state index in [9.17, 15) is 19.5 Å². The van der Waals surface area contributed by atoms with Crippen molar-refractivity contribution in [3.8, 4) is 5.75 Å². The Morgan fingerprint density at radius 3 is 2.17 bits per heavy atom. The standard InChI is InChI=1S/C35H30N6O4.ClH/c42-30-16-14-25(31(39-33(43)23-9-3-1-4-10-23)40-34(44)24-11-5-2-6-12-24)19-27(30)21-36-32-28-15-13-26(20-29(28)37-22-38-32)35(45)41-17-7-8-18-41;/h1-6,9-16,19-20,22,42H,7-8,17-18,21H2,(H,36,37,38)(H,39,40,43,44);1H. The number of aliphatic imine (C=N–C) groups is 1. The molecule has 0 atom stereocenters. The van der Waals surface area contributed by atoms with Crippen molar-refractivity contribution in [3.05, 3.63) is 131 Å². The molecular weight excluding hydrogens is 604 g/mol. The number of aromatic nitrogens is 2. The lowest BCUT2D eigenvalue weighted by Gasteiger charge is -2.16. The molecule has 5 aromatic rings. The van der Waals surface area contributed by atoms with Crippen LogP contribution < -0.4 is 10.6 Å². The highest BCUT2D eigenvalue weighted by molar-refractivity contribution is 6.17. The van der Waals surface area contributed by atoms with Gasteiger partial charge in [0.25, 0.3) is 17.7 Å². The molecule has 232 valence electrons. The molecule has 4 aromatic carbocycles. The molecule has 0 radical (unpaired) electrons. The molecule has 6 rings (SSSR count). The Labute approximate surface area is 271 Å². The van der Waals surface area contributed by atoms with Crippen LogP contribution in [0, 0.1) is 0 Å². The van der Waals surface area contributed by atoms with Crippen LogP contribution in [0.5, 0.6) is 5.75 Å². The molecule has 11 heteroatoms. The van der Waals surface area contributed by atoms with E-state index in [2.05, 4.69) is 25.6 Å². The molecule has 1 saturated heterocycles. The smallest absolute Gasteiger partial charge is 0.278 e. The third-order valence-electron chi connectivity index (χ3n) is 7.58. The molecule has 0 aliphatic carbocycles. The fourth-order valence-corrected chi connectivity index (χ4v) is 5.17. The van der Waals surface area contributed by atoms with Crippen LogP contribution in [0.2, 0.25) is 0 Å². The number of fused-ring (bicyclic) bond motifs is 1. The SMILES string of the molecule is Cl.O=C(N=C(NC(=O)c1ccccc1)c1ccc(O)c(CNc2ncnc3cc(C(=O)N4CCCC4)ccc23)c1)c1ccccc1. The highest BCUT2D eigenvalue weighted by Gasteiger charge is 2.20. The molecule has 0 unspecified atom stereocenters. The van der Waals surface area contributed by atoms with Gasteiger partial charge < -0.3 is 20.6 Å². The first-order valence-electron chi connectivity index (χ1n) is 14.6. The molecular formula is C35H31ClN6O4. The fraction of sp³-hybridized carbons (Fsp3) is 0.143. The zero-order valence-corrected chi connectivity index (χ0v) is 25.5. The van der Waals surface area contributed by atoms with Crippen LogP contribution in [0.1, 0.15) is 55.0 Å². The molecule has 1 aliphatic rings. The summed E-state index contributed by atoms with van der Waals surface area (Å²) < 4.78 is 0. The van der Waals surface area contributed by atoms with E-state index in [1.54, 1.807) is 84.9 Å². The monoisotopic (exact) mass is 634 g/mol. The third-order valence-corrected chi connectivity index (χ3v) is 7.58.